The first-order valence-corrected chi connectivity index (χ1v) is 5.88. The molecule has 0 aliphatic carbocycles. The number of hydrogen-bond acceptors (Lipinski definition) is 4. The SMILES string of the molecule is N#Cc1ccc(Br)cc1NC(=O)N[C@@H](CO)C(=O)O. The molecule has 7 nitrogen and oxygen atoms in total. The third-order valence-corrected chi connectivity index (χ3v) is 2.63. The van der Waals surface area contributed by atoms with E-state index in [1.165, 1.54) is 12.1 Å². The highest BCUT2D eigenvalue weighted by Gasteiger charge is 2.19. The third-order valence-electron chi connectivity index (χ3n) is 2.14. The topological polar surface area (TPSA) is 122 Å². The van der Waals surface area contributed by atoms with E-state index in [0.717, 1.165) is 0 Å². The number of carbonyl (C=O) groups excluding carboxylic acids is 1. The molecule has 0 saturated heterocycles. The van der Waals surface area contributed by atoms with Crippen molar-refractivity contribution in [3.05, 3.63) is 28.2 Å². The highest BCUT2D eigenvalue weighted by atomic mass is 79.9. The van der Waals surface area contributed by atoms with Gasteiger partial charge in [-0.15, -0.1) is 0 Å². The molecule has 0 spiro atoms. The summed E-state index contributed by atoms with van der Waals surface area (Å²) in [6.45, 7) is -0.730. The normalized spacial score (nSPS) is 11.2. The zero-order valence-corrected chi connectivity index (χ0v) is 11.1. The predicted octanol–water partition coefficient (Wildman–Crippen LogP) is 0.888. The summed E-state index contributed by atoms with van der Waals surface area (Å²) in [4.78, 5) is 22.2. The second-order valence-electron chi connectivity index (χ2n) is 3.47. The van der Waals surface area contributed by atoms with E-state index in [2.05, 4.69) is 26.6 Å². The molecule has 1 rings (SSSR count). The monoisotopic (exact) mass is 327 g/mol. The summed E-state index contributed by atoms with van der Waals surface area (Å²) >= 11 is 3.19. The van der Waals surface area contributed by atoms with E-state index in [4.69, 9.17) is 15.5 Å². The van der Waals surface area contributed by atoms with Gasteiger partial charge < -0.3 is 20.8 Å². The Balaban J connectivity index is 2.80. The van der Waals surface area contributed by atoms with Crippen LogP contribution in [0.15, 0.2) is 22.7 Å². The van der Waals surface area contributed by atoms with Gasteiger partial charge in [0, 0.05) is 4.47 Å². The summed E-state index contributed by atoms with van der Waals surface area (Å²) in [6, 6.07) is 4.30. The van der Waals surface area contributed by atoms with Crippen LogP contribution in [0.1, 0.15) is 5.56 Å². The lowest BCUT2D eigenvalue weighted by atomic mass is 10.2. The molecule has 1 aromatic carbocycles. The van der Waals surface area contributed by atoms with Crippen molar-refractivity contribution in [2.45, 2.75) is 6.04 Å². The molecule has 0 heterocycles. The third kappa shape index (κ3) is 4.24. The molecule has 4 N–H and O–H groups in total. The van der Waals surface area contributed by atoms with Gasteiger partial charge in [-0.1, -0.05) is 15.9 Å². The summed E-state index contributed by atoms with van der Waals surface area (Å²) in [5.74, 6) is -1.35. The molecular formula is C11H10BrN3O4. The van der Waals surface area contributed by atoms with Crippen molar-refractivity contribution >= 4 is 33.6 Å². The van der Waals surface area contributed by atoms with Crippen LogP contribution in [0.3, 0.4) is 0 Å². The van der Waals surface area contributed by atoms with Crippen LogP contribution in [0.2, 0.25) is 0 Å². The highest BCUT2D eigenvalue weighted by Crippen LogP contribution is 2.20. The van der Waals surface area contributed by atoms with Gasteiger partial charge in [0.15, 0.2) is 6.04 Å². The van der Waals surface area contributed by atoms with Gasteiger partial charge in [0.1, 0.15) is 6.07 Å². The Bertz CT molecular complexity index is 541. The number of hydrogen-bond donors (Lipinski definition) is 4. The lowest BCUT2D eigenvalue weighted by Crippen LogP contribution is -2.45. The van der Waals surface area contributed by atoms with Crippen LogP contribution in [-0.4, -0.2) is 34.9 Å². The smallest absolute Gasteiger partial charge is 0.328 e. The summed E-state index contributed by atoms with van der Waals surface area (Å²) in [6.07, 6.45) is 0. The molecule has 2 amide bonds. The first-order chi connectivity index (χ1) is 8.97. The number of carbonyl (C=O) groups is 2. The minimum atomic E-state index is -1.40. The summed E-state index contributed by atoms with van der Waals surface area (Å²) in [5.41, 5.74) is 0.464. The van der Waals surface area contributed by atoms with Crippen molar-refractivity contribution in [2.75, 3.05) is 11.9 Å². The van der Waals surface area contributed by atoms with Crippen molar-refractivity contribution in [1.29, 1.82) is 5.26 Å². The van der Waals surface area contributed by atoms with Crippen LogP contribution in [0, 0.1) is 11.3 Å². The van der Waals surface area contributed by atoms with Crippen molar-refractivity contribution in [2.24, 2.45) is 0 Å². The molecule has 0 unspecified atom stereocenters. The number of benzene rings is 1. The molecule has 0 saturated carbocycles. The number of amides is 2. The van der Waals surface area contributed by atoms with Crippen LogP contribution in [0.4, 0.5) is 10.5 Å². The molecule has 100 valence electrons. The standard InChI is InChI=1S/C11H10BrN3O4/c12-7-2-1-6(4-13)8(3-7)14-11(19)15-9(5-16)10(17)18/h1-3,9,16H,5H2,(H,17,18)(H2,14,15,19)/t9-/m0/s1. The van der Waals surface area contributed by atoms with Gasteiger partial charge >= 0.3 is 12.0 Å². The van der Waals surface area contributed by atoms with Crippen molar-refractivity contribution in [3.63, 3.8) is 0 Å². The Hall–Kier alpha value is -2.11. The van der Waals surface area contributed by atoms with E-state index in [1.807, 2.05) is 6.07 Å². The quantitative estimate of drug-likeness (QED) is 0.654. The molecule has 1 atom stereocenters. The zero-order valence-electron chi connectivity index (χ0n) is 9.55. The number of anilines is 1. The first-order valence-electron chi connectivity index (χ1n) is 5.08. The van der Waals surface area contributed by atoms with Crippen LogP contribution >= 0.6 is 15.9 Å². The molecule has 8 heteroatoms. The van der Waals surface area contributed by atoms with E-state index in [0.29, 0.717) is 4.47 Å². The molecular weight excluding hydrogens is 318 g/mol. The Kier molecular flexibility index (Phi) is 5.29. The number of urea groups is 1. The Morgan fingerprint density at radius 3 is 2.68 bits per heavy atom. The van der Waals surface area contributed by atoms with Gasteiger partial charge in [-0.3, -0.25) is 0 Å². The van der Waals surface area contributed by atoms with Gasteiger partial charge in [0.2, 0.25) is 0 Å². The van der Waals surface area contributed by atoms with E-state index in [-0.39, 0.29) is 11.3 Å². The number of aliphatic carboxylic acids is 1. The zero-order chi connectivity index (χ0) is 14.4. The molecule has 0 aliphatic heterocycles. The number of nitrogens with zero attached hydrogens (tertiary/aromatic N) is 1. The molecule has 1 aromatic rings. The Morgan fingerprint density at radius 1 is 1.47 bits per heavy atom. The molecule has 0 bridgehead atoms. The number of carboxylic acid groups (broad SMARTS) is 1. The predicted molar refractivity (Wildman–Crippen MR) is 69.5 cm³/mol. The summed E-state index contributed by atoms with van der Waals surface area (Å²) < 4.78 is 0.652. The van der Waals surface area contributed by atoms with E-state index < -0.39 is 24.6 Å². The lowest BCUT2D eigenvalue weighted by molar-refractivity contribution is -0.140. The van der Waals surface area contributed by atoms with Crippen LogP contribution in [0.25, 0.3) is 0 Å². The fourth-order valence-corrected chi connectivity index (χ4v) is 1.58. The van der Waals surface area contributed by atoms with Crippen molar-refractivity contribution in [1.82, 2.24) is 5.32 Å². The van der Waals surface area contributed by atoms with Gasteiger partial charge in [-0.25, -0.2) is 9.59 Å². The molecule has 19 heavy (non-hydrogen) atoms. The average Bonchev–Trinajstić information content (AvgIpc) is 2.35. The second-order valence-corrected chi connectivity index (χ2v) is 4.39. The number of nitrogens with one attached hydrogen (secondary N) is 2. The highest BCUT2D eigenvalue weighted by molar-refractivity contribution is 9.10. The van der Waals surface area contributed by atoms with E-state index in [9.17, 15) is 9.59 Å². The van der Waals surface area contributed by atoms with E-state index >= 15 is 0 Å². The summed E-state index contributed by atoms with van der Waals surface area (Å²) in [7, 11) is 0. The fourth-order valence-electron chi connectivity index (χ4n) is 1.22. The number of aliphatic hydroxyl groups excluding tert-OH is 1. The maximum atomic E-state index is 11.5. The molecule has 0 fully saturated rings. The fraction of sp³-hybridized carbons (Fsp3) is 0.182. The van der Waals surface area contributed by atoms with Crippen LogP contribution in [0.5, 0.6) is 0 Å². The van der Waals surface area contributed by atoms with Gasteiger partial charge in [0.25, 0.3) is 0 Å². The number of rotatable bonds is 4. The maximum absolute atomic E-state index is 11.5. The van der Waals surface area contributed by atoms with Crippen molar-refractivity contribution in [3.8, 4) is 6.07 Å². The Labute approximate surface area is 117 Å². The first kappa shape index (κ1) is 14.9. The Morgan fingerprint density at radius 2 is 2.16 bits per heavy atom. The minimum absolute atomic E-state index is 0.231. The number of halogens is 1. The number of aliphatic hydroxyl groups is 1. The molecule has 0 aromatic heterocycles. The van der Waals surface area contributed by atoms with Crippen LogP contribution < -0.4 is 10.6 Å². The number of carboxylic acids is 1. The van der Waals surface area contributed by atoms with Crippen molar-refractivity contribution < 1.29 is 19.8 Å². The maximum Gasteiger partial charge on any atom is 0.328 e. The summed E-state index contributed by atoms with van der Waals surface area (Å²) in [5, 5.41) is 30.7. The van der Waals surface area contributed by atoms with Gasteiger partial charge in [-0.2, -0.15) is 5.26 Å². The van der Waals surface area contributed by atoms with Crippen LogP contribution in [-0.2, 0) is 4.79 Å². The largest absolute Gasteiger partial charge is 0.480 e. The van der Waals surface area contributed by atoms with Gasteiger partial charge in [0.05, 0.1) is 17.9 Å². The molecule has 0 radical (unpaired) electrons. The van der Waals surface area contributed by atoms with Gasteiger partial charge in [-0.05, 0) is 18.2 Å². The minimum Gasteiger partial charge on any atom is -0.480 e. The van der Waals surface area contributed by atoms with E-state index in [1.54, 1.807) is 6.07 Å². The second kappa shape index (κ2) is 6.72. The average molecular weight is 328 g/mol. The lowest BCUT2D eigenvalue weighted by Gasteiger charge is -2.13. The number of nitriles is 1. The molecule has 0 aliphatic rings.